The first-order valence-corrected chi connectivity index (χ1v) is 11.2. The highest BCUT2D eigenvalue weighted by Gasteiger charge is 2.14. The van der Waals surface area contributed by atoms with E-state index in [-0.39, 0.29) is 11.9 Å². The van der Waals surface area contributed by atoms with Gasteiger partial charge in [0.1, 0.15) is 11.5 Å². The van der Waals surface area contributed by atoms with Crippen molar-refractivity contribution in [2.75, 3.05) is 18.9 Å². The average Bonchev–Trinajstić information content (AvgIpc) is 3.51. The largest absolute Gasteiger partial charge is 0.465 e. The fraction of sp³-hybridized carbons (Fsp3) is 0.231. The second-order valence-corrected chi connectivity index (χ2v) is 8.26. The molecule has 0 saturated carbocycles. The topological polar surface area (TPSA) is 114 Å². The second kappa shape index (κ2) is 10.7. The van der Waals surface area contributed by atoms with Crippen molar-refractivity contribution in [2.24, 2.45) is 0 Å². The number of furan rings is 1. The van der Waals surface area contributed by atoms with Crippen molar-refractivity contribution in [2.45, 2.75) is 26.8 Å². The number of carbonyl (C=O) groups is 2. The molecular formula is C26H27N5O4. The van der Waals surface area contributed by atoms with E-state index in [1.165, 1.54) is 0 Å². The van der Waals surface area contributed by atoms with Gasteiger partial charge in [-0.2, -0.15) is 4.98 Å². The zero-order valence-corrected chi connectivity index (χ0v) is 19.9. The highest BCUT2D eigenvalue weighted by Crippen LogP contribution is 2.18. The molecule has 0 fully saturated rings. The van der Waals surface area contributed by atoms with Crippen LogP contribution in [0, 0.1) is 13.8 Å². The Labute approximate surface area is 203 Å². The van der Waals surface area contributed by atoms with E-state index in [0.29, 0.717) is 48.1 Å². The number of nitrogens with one attached hydrogen (secondary N) is 2. The number of rotatable bonds is 8. The van der Waals surface area contributed by atoms with Gasteiger partial charge < -0.3 is 24.5 Å². The van der Waals surface area contributed by atoms with Crippen LogP contribution in [0.1, 0.15) is 33.3 Å². The number of likely N-dealkylation sites (N-methyl/N-ethyl adjacent to an activating group) is 1. The van der Waals surface area contributed by atoms with Gasteiger partial charge in [-0.15, -0.1) is 0 Å². The van der Waals surface area contributed by atoms with Gasteiger partial charge in [-0.3, -0.25) is 4.79 Å². The summed E-state index contributed by atoms with van der Waals surface area (Å²) >= 11 is 0. The lowest BCUT2D eigenvalue weighted by atomic mass is 10.1. The van der Waals surface area contributed by atoms with Gasteiger partial charge in [0.15, 0.2) is 5.82 Å². The molecule has 0 aliphatic heterocycles. The quantitative estimate of drug-likeness (QED) is 0.387. The molecule has 180 valence electrons. The summed E-state index contributed by atoms with van der Waals surface area (Å²) in [7, 11) is 1.71. The van der Waals surface area contributed by atoms with Crippen molar-refractivity contribution < 1.29 is 18.5 Å². The van der Waals surface area contributed by atoms with Crippen molar-refractivity contribution in [1.29, 1.82) is 0 Å². The Morgan fingerprint density at radius 1 is 0.971 bits per heavy atom. The Morgan fingerprint density at radius 2 is 1.71 bits per heavy atom. The number of aryl methyl sites for hydroxylation is 2. The minimum atomic E-state index is -0.214. The Balaban J connectivity index is 1.28. The Morgan fingerprint density at radius 3 is 2.40 bits per heavy atom. The number of aromatic nitrogens is 2. The van der Waals surface area contributed by atoms with Gasteiger partial charge in [0.25, 0.3) is 11.8 Å². The summed E-state index contributed by atoms with van der Waals surface area (Å²) in [5.41, 5.74) is 3.08. The molecule has 2 heterocycles. The summed E-state index contributed by atoms with van der Waals surface area (Å²) in [6.45, 7) is 4.59. The molecule has 35 heavy (non-hydrogen) atoms. The molecule has 4 rings (SSSR count). The van der Waals surface area contributed by atoms with Gasteiger partial charge in [-0.25, -0.2) is 4.79 Å². The monoisotopic (exact) mass is 473 g/mol. The molecule has 9 nitrogen and oxygen atoms in total. The summed E-state index contributed by atoms with van der Waals surface area (Å²) in [5.74, 6) is 2.14. The maximum absolute atomic E-state index is 12.4. The standard InChI is InChI=1S/C26H27N5O4/c1-17-4-11-21(12-5-17)28-26(33)31(3)15-14-23-29-25(35-30-23)20-9-7-19(8-10-20)24(32)27-16-22-13-6-18(2)34-22/h4-13H,14-16H2,1-3H3,(H,27,32)(H,28,33). The van der Waals surface area contributed by atoms with Gasteiger partial charge in [0, 0.05) is 36.8 Å². The summed E-state index contributed by atoms with van der Waals surface area (Å²) in [4.78, 5) is 30.7. The zero-order chi connectivity index (χ0) is 24.8. The highest BCUT2D eigenvalue weighted by atomic mass is 16.5. The summed E-state index contributed by atoms with van der Waals surface area (Å²) in [6, 6.07) is 18.0. The maximum atomic E-state index is 12.4. The molecule has 0 aliphatic rings. The molecule has 2 aromatic heterocycles. The first-order valence-electron chi connectivity index (χ1n) is 11.2. The van der Waals surface area contributed by atoms with Crippen molar-refractivity contribution in [3.8, 4) is 11.5 Å². The first-order chi connectivity index (χ1) is 16.9. The molecule has 3 amide bonds. The molecule has 0 spiro atoms. The normalized spacial score (nSPS) is 10.7. The molecule has 9 heteroatoms. The van der Waals surface area contributed by atoms with E-state index in [2.05, 4.69) is 20.8 Å². The van der Waals surface area contributed by atoms with Crippen LogP contribution in [0.25, 0.3) is 11.5 Å². The molecule has 4 aromatic rings. The van der Waals surface area contributed by atoms with E-state index < -0.39 is 0 Å². The molecule has 0 bridgehead atoms. The number of amides is 3. The predicted octanol–water partition coefficient (Wildman–Crippen LogP) is 4.58. The molecule has 0 radical (unpaired) electrons. The number of urea groups is 1. The number of benzene rings is 2. The minimum Gasteiger partial charge on any atom is -0.465 e. The molecule has 2 aromatic carbocycles. The Kier molecular flexibility index (Phi) is 7.25. The summed E-state index contributed by atoms with van der Waals surface area (Å²) < 4.78 is 10.8. The average molecular weight is 474 g/mol. The van der Waals surface area contributed by atoms with Gasteiger partial charge in [0.05, 0.1) is 6.54 Å². The fourth-order valence-electron chi connectivity index (χ4n) is 3.31. The first kappa shape index (κ1) is 23.7. The van der Waals surface area contributed by atoms with Crippen molar-refractivity contribution >= 4 is 17.6 Å². The van der Waals surface area contributed by atoms with Crippen LogP contribution < -0.4 is 10.6 Å². The van der Waals surface area contributed by atoms with E-state index >= 15 is 0 Å². The maximum Gasteiger partial charge on any atom is 0.321 e. The molecule has 0 saturated heterocycles. The minimum absolute atomic E-state index is 0.205. The number of carbonyl (C=O) groups excluding carboxylic acids is 2. The van der Waals surface area contributed by atoms with Crippen molar-refractivity contribution in [3.63, 3.8) is 0 Å². The third-order valence-electron chi connectivity index (χ3n) is 5.40. The van der Waals surface area contributed by atoms with Crippen LogP contribution in [0.15, 0.2) is 69.6 Å². The predicted molar refractivity (Wildman–Crippen MR) is 131 cm³/mol. The van der Waals surface area contributed by atoms with E-state index in [4.69, 9.17) is 8.94 Å². The highest BCUT2D eigenvalue weighted by molar-refractivity contribution is 5.94. The molecule has 2 N–H and O–H groups in total. The van der Waals surface area contributed by atoms with Gasteiger partial charge in [-0.05, 0) is 62.4 Å². The number of hydrogen-bond donors (Lipinski definition) is 2. The van der Waals surface area contributed by atoms with Crippen molar-refractivity contribution in [1.82, 2.24) is 20.4 Å². The van der Waals surface area contributed by atoms with E-state index in [1.807, 2.05) is 50.2 Å². The van der Waals surface area contributed by atoms with Crippen LogP contribution in [0.4, 0.5) is 10.5 Å². The van der Waals surface area contributed by atoms with Gasteiger partial charge >= 0.3 is 6.03 Å². The van der Waals surface area contributed by atoms with Gasteiger partial charge in [0.2, 0.25) is 0 Å². The zero-order valence-electron chi connectivity index (χ0n) is 19.9. The lowest BCUT2D eigenvalue weighted by Crippen LogP contribution is -2.33. The van der Waals surface area contributed by atoms with E-state index in [1.54, 1.807) is 36.2 Å². The SMILES string of the molecule is Cc1ccc(NC(=O)N(C)CCc2noc(-c3ccc(C(=O)NCc4ccc(C)o4)cc3)n2)cc1. The third kappa shape index (κ3) is 6.35. The summed E-state index contributed by atoms with van der Waals surface area (Å²) in [6.07, 6.45) is 0.439. The Hall–Kier alpha value is -4.40. The molecule has 0 atom stereocenters. The van der Waals surface area contributed by atoms with Crippen LogP contribution in [0.3, 0.4) is 0 Å². The van der Waals surface area contributed by atoms with Crippen LogP contribution in [0.5, 0.6) is 0 Å². The van der Waals surface area contributed by atoms with Crippen LogP contribution in [-0.4, -0.2) is 40.6 Å². The van der Waals surface area contributed by atoms with Crippen LogP contribution in [0.2, 0.25) is 0 Å². The lowest BCUT2D eigenvalue weighted by Gasteiger charge is -2.17. The second-order valence-electron chi connectivity index (χ2n) is 8.26. The summed E-state index contributed by atoms with van der Waals surface area (Å²) in [5, 5.41) is 9.69. The van der Waals surface area contributed by atoms with E-state index in [0.717, 1.165) is 17.0 Å². The van der Waals surface area contributed by atoms with Crippen LogP contribution in [-0.2, 0) is 13.0 Å². The molecular weight excluding hydrogens is 446 g/mol. The smallest absolute Gasteiger partial charge is 0.321 e. The van der Waals surface area contributed by atoms with Crippen LogP contribution >= 0.6 is 0 Å². The van der Waals surface area contributed by atoms with E-state index in [9.17, 15) is 9.59 Å². The third-order valence-corrected chi connectivity index (χ3v) is 5.40. The number of hydrogen-bond acceptors (Lipinski definition) is 6. The number of anilines is 1. The Bertz CT molecular complexity index is 1290. The lowest BCUT2D eigenvalue weighted by molar-refractivity contribution is 0.0948. The van der Waals surface area contributed by atoms with Crippen molar-refractivity contribution in [3.05, 3.63) is 89.1 Å². The molecule has 0 unspecified atom stereocenters. The fourth-order valence-corrected chi connectivity index (χ4v) is 3.31. The molecule has 0 aliphatic carbocycles. The van der Waals surface area contributed by atoms with Gasteiger partial charge in [-0.1, -0.05) is 22.9 Å². The number of nitrogens with zero attached hydrogens (tertiary/aromatic N) is 3.